The monoisotopic (exact) mass is 531 g/mol. The van der Waals surface area contributed by atoms with Gasteiger partial charge in [-0.3, -0.25) is 23.5 Å². The minimum absolute atomic E-state index is 0.00887. The number of rotatable bonds is 9. The number of fused-ring (bicyclic) bond motifs is 1. The summed E-state index contributed by atoms with van der Waals surface area (Å²) in [6, 6.07) is 10.1. The second kappa shape index (κ2) is 9.63. The Hall–Kier alpha value is -4.13. The standard InChI is InChI=1S/C25H24F3N5O5/c1-31-20-19(21(34)32(23(31)35)13-11-24(36-2)9-10-24)33(15-16-6-3-4-12-29-16)22(30-20)37-17-7-5-8-18(14-17)38-25(26,27)28/h3-8,12,14H,9-11,13,15H2,1-2H3. The molecule has 0 atom stereocenters. The van der Waals surface area contributed by atoms with Crippen LogP contribution in [0, 0.1) is 0 Å². The molecule has 0 spiro atoms. The summed E-state index contributed by atoms with van der Waals surface area (Å²) >= 11 is 0. The Morgan fingerprint density at radius 3 is 2.47 bits per heavy atom. The van der Waals surface area contributed by atoms with Gasteiger partial charge >= 0.3 is 18.1 Å². The van der Waals surface area contributed by atoms with Crippen LogP contribution in [0.25, 0.3) is 11.2 Å². The van der Waals surface area contributed by atoms with Gasteiger partial charge in [-0.2, -0.15) is 4.98 Å². The number of alkyl halides is 3. The Labute approximate surface area is 213 Å². The van der Waals surface area contributed by atoms with Gasteiger partial charge in [-0.25, -0.2) is 4.79 Å². The molecule has 10 nitrogen and oxygen atoms in total. The van der Waals surface area contributed by atoms with Crippen LogP contribution in [-0.4, -0.2) is 42.7 Å². The van der Waals surface area contributed by atoms with E-state index in [1.165, 1.54) is 28.3 Å². The molecular formula is C25H24F3N5O5. The molecule has 0 radical (unpaired) electrons. The van der Waals surface area contributed by atoms with Gasteiger partial charge in [0.2, 0.25) is 0 Å². The zero-order chi connectivity index (χ0) is 27.1. The Bertz CT molecular complexity index is 1590. The van der Waals surface area contributed by atoms with E-state index < -0.39 is 23.4 Å². The van der Waals surface area contributed by atoms with Crippen LogP contribution in [0.2, 0.25) is 0 Å². The summed E-state index contributed by atoms with van der Waals surface area (Å²) in [7, 11) is 3.10. The number of halogens is 3. The number of ether oxygens (including phenoxy) is 3. The fraction of sp³-hybridized carbons (Fsp3) is 0.360. The summed E-state index contributed by atoms with van der Waals surface area (Å²) in [6.45, 7) is 0.206. The molecule has 0 unspecified atom stereocenters. The average molecular weight is 531 g/mol. The number of hydrogen-bond acceptors (Lipinski definition) is 7. The van der Waals surface area contributed by atoms with E-state index in [-0.39, 0.29) is 41.6 Å². The zero-order valence-corrected chi connectivity index (χ0v) is 20.6. The first kappa shape index (κ1) is 25.5. The quantitative estimate of drug-likeness (QED) is 0.325. The van der Waals surface area contributed by atoms with Crippen molar-refractivity contribution in [2.45, 2.75) is 44.3 Å². The van der Waals surface area contributed by atoms with Crippen molar-refractivity contribution >= 4 is 11.2 Å². The Morgan fingerprint density at radius 2 is 1.82 bits per heavy atom. The summed E-state index contributed by atoms with van der Waals surface area (Å²) in [6.07, 6.45) is -1.09. The molecule has 0 amide bonds. The van der Waals surface area contributed by atoms with Crippen molar-refractivity contribution in [1.29, 1.82) is 0 Å². The van der Waals surface area contributed by atoms with E-state index in [9.17, 15) is 22.8 Å². The molecule has 0 aliphatic heterocycles. The summed E-state index contributed by atoms with van der Waals surface area (Å²) < 4.78 is 57.3. The zero-order valence-electron chi connectivity index (χ0n) is 20.6. The lowest BCUT2D eigenvalue weighted by molar-refractivity contribution is -0.274. The topological polar surface area (TPSA) is 102 Å². The van der Waals surface area contributed by atoms with Crippen molar-refractivity contribution in [3.8, 4) is 17.5 Å². The molecule has 38 heavy (non-hydrogen) atoms. The Kier molecular flexibility index (Phi) is 6.47. The van der Waals surface area contributed by atoms with E-state index >= 15 is 0 Å². The van der Waals surface area contributed by atoms with E-state index in [0.29, 0.717) is 12.1 Å². The highest BCUT2D eigenvalue weighted by molar-refractivity contribution is 5.72. The molecule has 3 aromatic heterocycles. The van der Waals surface area contributed by atoms with Crippen LogP contribution in [0.15, 0.2) is 58.3 Å². The van der Waals surface area contributed by atoms with Gasteiger partial charge in [-0.15, -0.1) is 13.2 Å². The number of aryl methyl sites for hydroxylation is 1. The van der Waals surface area contributed by atoms with Gasteiger partial charge in [0.25, 0.3) is 5.56 Å². The van der Waals surface area contributed by atoms with Crippen molar-refractivity contribution in [2.24, 2.45) is 7.05 Å². The summed E-state index contributed by atoms with van der Waals surface area (Å²) in [4.78, 5) is 35.4. The minimum atomic E-state index is -4.88. The molecule has 1 aliphatic rings. The van der Waals surface area contributed by atoms with Crippen molar-refractivity contribution in [3.63, 3.8) is 0 Å². The van der Waals surface area contributed by atoms with Crippen LogP contribution in [0.3, 0.4) is 0 Å². The number of methoxy groups -OCH3 is 1. The predicted octanol–water partition coefficient (Wildman–Crippen LogP) is 3.60. The first-order valence-corrected chi connectivity index (χ1v) is 11.8. The minimum Gasteiger partial charge on any atom is -0.425 e. The van der Waals surface area contributed by atoms with Crippen LogP contribution in [0.5, 0.6) is 17.5 Å². The van der Waals surface area contributed by atoms with Gasteiger partial charge in [0.05, 0.1) is 17.8 Å². The highest BCUT2D eigenvalue weighted by atomic mass is 19.4. The third kappa shape index (κ3) is 5.14. The average Bonchev–Trinajstić information content (AvgIpc) is 3.58. The van der Waals surface area contributed by atoms with Crippen LogP contribution in [0.4, 0.5) is 13.2 Å². The van der Waals surface area contributed by atoms with Crippen LogP contribution >= 0.6 is 0 Å². The van der Waals surface area contributed by atoms with E-state index in [4.69, 9.17) is 9.47 Å². The maximum atomic E-state index is 13.6. The fourth-order valence-corrected chi connectivity index (χ4v) is 4.28. The van der Waals surface area contributed by atoms with Crippen molar-refractivity contribution < 1.29 is 27.4 Å². The second-order valence-electron chi connectivity index (χ2n) is 9.03. The number of hydrogen-bond donors (Lipinski definition) is 0. The lowest BCUT2D eigenvalue weighted by Gasteiger charge is -2.15. The van der Waals surface area contributed by atoms with Gasteiger partial charge in [-0.1, -0.05) is 12.1 Å². The third-order valence-corrected chi connectivity index (χ3v) is 6.52. The van der Waals surface area contributed by atoms with Gasteiger partial charge in [0.1, 0.15) is 11.5 Å². The summed E-state index contributed by atoms with van der Waals surface area (Å²) in [5, 5.41) is 0. The molecule has 0 N–H and O–H groups in total. The highest BCUT2D eigenvalue weighted by Gasteiger charge is 2.42. The molecule has 1 aliphatic carbocycles. The van der Waals surface area contributed by atoms with Crippen LogP contribution in [0.1, 0.15) is 25.0 Å². The summed E-state index contributed by atoms with van der Waals surface area (Å²) in [5.74, 6) is -0.491. The number of imidazole rings is 1. The molecule has 1 aromatic carbocycles. The maximum Gasteiger partial charge on any atom is 0.573 e. The molecular weight excluding hydrogens is 507 g/mol. The molecule has 200 valence electrons. The van der Waals surface area contributed by atoms with Crippen molar-refractivity contribution in [1.82, 2.24) is 23.7 Å². The molecule has 0 bridgehead atoms. The Morgan fingerprint density at radius 1 is 1.05 bits per heavy atom. The largest absolute Gasteiger partial charge is 0.573 e. The normalized spacial score (nSPS) is 14.6. The van der Waals surface area contributed by atoms with Gasteiger partial charge in [0, 0.05) is 33.0 Å². The second-order valence-corrected chi connectivity index (χ2v) is 9.03. The van der Waals surface area contributed by atoms with Crippen LogP contribution < -0.4 is 20.7 Å². The molecule has 0 saturated heterocycles. The van der Waals surface area contributed by atoms with Crippen molar-refractivity contribution in [2.75, 3.05) is 7.11 Å². The lowest BCUT2D eigenvalue weighted by atomic mass is 10.2. The Balaban J connectivity index is 1.61. The van der Waals surface area contributed by atoms with Gasteiger partial charge in [0.15, 0.2) is 11.2 Å². The number of pyridine rings is 1. The maximum absolute atomic E-state index is 13.6. The molecule has 1 saturated carbocycles. The summed E-state index contributed by atoms with van der Waals surface area (Å²) in [5.41, 5.74) is -0.713. The molecule has 13 heteroatoms. The molecule has 5 rings (SSSR count). The third-order valence-electron chi connectivity index (χ3n) is 6.52. The van der Waals surface area contributed by atoms with E-state index in [1.807, 2.05) is 0 Å². The van der Waals surface area contributed by atoms with E-state index in [0.717, 1.165) is 29.5 Å². The van der Waals surface area contributed by atoms with Crippen molar-refractivity contribution in [3.05, 3.63) is 75.2 Å². The first-order chi connectivity index (χ1) is 18.1. The smallest absolute Gasteiger partial charge is 0.425 e. The SMILES string of the molecule is COC1(CCn2c(=O)c3c(nc(Oc4cccc(OC(F)(F)F)c4)n3Cc3ccccn3)n(C)c2=O)CC1. The molecule has 1 fully saturated rings. The fourth-order valence-electron chi connectivity index (χ4n) is 4.28. The number of aromatic nitrogens is 5. The lowest BCUT2D eigenvalue weighted by Crippen LogP contribution is -2.40. The molecule has 4 aromatic rings. The first-order valence-electron chi connectivity index (χ1n) is 11.8. The van der Waals surface area contributed by atoms with E-state index in [1.54, 1.807) is 31.5 Å². The van der Waals surface area contributed by atoms with Crippen LogP contribution in [-0.2, 0) is 24.9 Å². The number of benzene rings is 1. The highest BCUT2D eigenvalue weighted by Crippen LogP contribution is 2.42. The number of nitrogens with zero attached hydrogens (tertiary/aromatic N) is 5. The predicted molar refractivity (Wildman–Crippen MR) is 129 cm³/mol. The van der Waals surface area contributed by atoms with Gasteiger partial charge in [-0.05, 0) is 43.5 Å². The van der Waals surface area contributed by atoms with E-state index in [2.05, 4.69) is 14.7 Å². The van der Waals surface area contributed by atoms with Gasteiger partial charge < -0.3 is 14.2 Å². The molecule has 3 heterocycles.